The van der Waals surface area contributed by atoms with Crippen molar-refractivity contribution >= 4 is 63.2 Å². The number of para-hydroxylation sites is 1. The van der Waals surface area contributed by atoms with Crippen molar-refractivity contribution in [2.75, 3.05) is 9.80 Å². The number of benzene rings is 10. The second-order valence-corrected chi connectivity index (χ2v) is 18.7. The highest BCUT2D eigenvalue weighted by Crippen LogP contribution is 2.48. The van der Waals surface area contributed by atoms with Gasteiger partial charge >= 0.3 is 5.97 Å². The Morgan fingerprint density at radius 1 is 0.400 bits per heavy atom. The predicted molar refractivity (Wildman–Crippen MR) is 290 cm³/mol. The maximum atomic E-state index is 14.9. The lowest BCUT2D eigenvalue weighted by atomic mass is 9.33. The molecule has 10 aromatic rings. The fourth-order valence-corrected chi connectivity index (χ4v) is 11.2. The summed E-state index contributed by atoms with van der Waals surface area (Å²) in [6.45, 7) is 0.0554. The van der Waals surface area contributed by atoms with Crippen LogP contribution < -0.4 is 26.2 Å². The largest absolute Gasteiger partial charge is 0.457 e. The zero-order valence-corrected chi connectivity index (χ0v) is 38.6. The van der Waals surface area contributed by atoms with Gasteiger partial charge in [-0.3, -0.25) is 0 Å². The first-order valence-corrected chi connectivity index (χ1v) is 24.4. The van der Waals surface area contributed by atoms with Crippen molar-refractivity contribution in [3.8, 4) is 44.5 Å². The summed E-state index contributed by atoms with van der Waals surface area (Å²) in [6.07, 6.45) is 3.23. The SMILES string of the molecule is O=C(OCc1ccccc1)c1cc2c3c(c1)N(c1cc(-c4ccccc4)cc(-c4ccccc4)c1)c1cc4c(cc1B3c1ccccc1N2c1cc(-c2ccccc2)cc(-c2ccccc2)c1)CCC4. The quantitative estimate of drug-likeness (QED) is 0.107. The molecule has 0 bridgehead atoms. The summed E-state index contributed by atoms with van der Waals surface area (Å²) in [5.74, 6) is -0.371. The monoisotopic (exact) mass is 898 g/mol. The van der Waals surface area contributed by atoms with Crippen LogP contribution in [0.4, 0.5) is 34.1 Å². The van der Waals surface area contributed by atoms with Gasteiger partial charge in [-0.1, -0.05) is 176 Å². The van der Waals surface area contributed by atoms with Crippen LogP contribution in [0.15, 0.2) is 237 Å². The van der Waals surface area contributed by atoms with Gasteiger partial charge in [0.25, 0.3) is 6.71 Å². The van der Waals surface area contributed by atoms with Crippen molar-refractivity contribution < 1.29 is 9.53 Å². The van der Waals surface area contributed by atoms with Gasteiger partial charge in [0.15, 0.2) is 0 Å². The van der Waals surface area contributed by atoms with Gasteiger partial charge in [-0.25, -0.2) is 4.79 Å². The first-order chi connectivity index (χ1) is 34.6. The van der Waals surface area contributed by atoms with E-state index in [-0.39, 0.29) is 19.3 Å². The van der Waals surface area contributed by atoms with Crippen molar-refractivity contribution in [1.82, 2.24) is 0 Å². The van der Waals surface area contributed by atoms with E-state index >= 15 is 0 Å². The number of rotatable bonds is 9. The first-order valence-electron chi connectivity index (χ1n) is 24.4. The lowest BCUT2D eigenvalue weighted by Crippen LogP contribution is -2.61. The molecular formula is C65H47BN2O2. The molecule has 0 saturated heterocycles. The predicted octanol–water partition coefficient (Wildman–Crippen LogP) is 14.3. The minimum absolute atomic E-state index is 0.110. The maximum absolute atomic E-state index is 14.9. The molecular weight excluding hydrogens is 852 g/mol. The molecule has 70 heavy (non-hydrogen) atoms. The van der Waals surface area contributed by atoms with Gasteiger partial charge in [-0.05, 0) is 158 Å². The fourth-order valence-electron chi connectivity index (χ4n) is 11.2. The number of esters is 1. The molecule has 4 nitrogen and oxygen atoms in total. The maximum Gasteiger partial charge on any atom is 0.338 e. The number of carbonyl (C=O) groups excluding carboxylic acids is 1. The Bertz CT molecular complexity index is 3480. The Morgan fingerprint density at radius 3 is 1.33 bits per heavy atom. The van der Waals surface area contributed by atoms with E-state index in [9.17, 15) is 4.79 Å². The molecule has 0 spiro atoms. The first kappa shape index (κ1) is 41.5. The second-order valence-electron chi connectivity index (χ2n) is 18.7. The van der Waals surface area contributed by atoms with Gasteiger partial charge in [0.1, 0.15) is 6.61 Å². The van der Waals surface area contributed by atoms with E-state index < -0.39 is 0 Å². The van der Waals surface area contributed by atoms with Crippen LogP contribution in [-0.4, -0.2) is 12.7 Å². The van der Waals surface area contributed by atoms with Crippen LogP contribution in [-0.2, 0) is 24.2 Å². The molecule has 0 unspecified atom stereocenters. The molecule has 5 heteroatoms. The topological polar surface area (TPSA) is 32.8 Å². The summed E-state index contributed by atoms with van der Waals surface area (Å²) in [5, 5.41) is 0. The number of hydrogen-bond acceptors (Lipinski definition) is 4. The average molecular weight is 899 g/mol. The van der Waals surface area contributed by atoms with Crippen LogP contribution in [0.25, 0.3) is 44.5 Å². The zero-order valence-electron chi connectivity index (χ0n) is 38.6. The minimum atomic E-state index is -0.371. The molecule has 2 aliphatic heterocycles. The highest BCUT2D eigenvalue weighted by atomic mass is 16.5. The van der Waals surface area contributed by atoms with Crippen molar-refractivity contribution in [2.45, 2.75) is 25.9 Å². The second kappa shape index (κ2) is 17.4. The van der Waals surface area contributed by atoms with E-state index in [2.05, 4.69) is 216 Å². The molecule has 13 rings (SSSR count). The molecule has 0 fully saturated rings. The summed E-state index contributed by atoms with van der Waals surface area (Å²) in [5.41, 5.74) is 23.1. The lowest BCUT2D eigenvalue weighted by Gasteiger charge is -2.44. The number of fused-ring (bicyclic) bond motifs is 5. The van der Waals surface area contributed by atoms with E-state index in [1.807, 2.05) is 30.3 Å². The third kappa shape index (κ3) is 7.39. The van der Waals surface area contributed by atoms with Crippen molar-refractivity contribution in [1.29, 1.82) is 0 Å². The normalized spacial score (nSPS) is 13.0. The van der Waals surface area contributed by atoms with E-state index in [1.54, 1.807) is 0 Å². The third-order valence-corrected chi connectivity index (χ3v) is 14.4. The van der Waals surface area contributed by atoms with Gasteiger partial charge in [0, 0.05) is 34.1 Å². The van der Waals surface area contributed by atoms with E-state index in [1.165, 1.54) is 22.1 Å². The average Bonchev–Trinajstić information content (AvgIpc) is 3.90. The number of aryl methyl sites for hydroxylation is 2. The van der Waals surface area contributed by atoms with Crippen LogP contribution in [0.2, 0.25) is 0 Å². The molecule has 0 aromatic heterocycles. The standard InChI is InChI=1S/C65H47BN2O2/c69-65(70-43-44-19-6-1-7-20-44)55-41-62-64-63(42-55)68(57-37-53(47-25-12-4-13-26-47)34-54(38-57)48-27-14-5-15-28-48)61-40-50-30-18-29-49(50)39-59(61)66(64)58-31-16-17-32-60(58)67(62)56-35-51(45-21-8-2-9-22-45)33-52(36-56)46-23-10-3-11-24-46/h1-17,19-28,31-42H,18,29-30,43H2. The van der Waals surface area contributed by atoms with E-state index in [4.69, 9.17) is 4.74 Å². The van der Waals surface area contributed by atoms with Gasteiger partial charge in [0.2, 0.25) is 0 Å². The molecule has 1 aliphatic carbocycles. The Morgan fingerprint density at radius 2 is 0.829 bits per heavy atom. The highest BCUT2D eigenvalue weighted by molar-refractivity contribution is 7.00. The van der Waals surface area contributed by atoms with Gasteiger partial charge in [-0.15, -0.1) is 0 Å². The van der Waals surface area contributed by atoms with Crippen molar-refractivity contribution in [3.63, 3.8) is 0 Å². The molecule has 0 atom stereocenters. The zero-order chi connectivity index (χ0) is 46.5. The number of anilines is 6. The smallest absolute Gasteiger partial charge is 0.338 e. The number of carbonyl (C=O) groups is 1. The number of ether oxygens (including phenoxy) is 1. The Hall–Kier alpha value is -8.67. The molecule has 10 aromatic carbocycles. The summed E-state index contributed by atoms with van der Waals surface area (Å²) in [6, 6.07) is 84.5. The molecule has 0 saturated carbocycles. The minimum Gasteiger partial charge on any atom is -0.457 e. The van der Waals surface area contributed by atoms with Gasteiger partial charge in [0.05, 0.1) is 5.56 Å². The van der Waals surface area contributed by atoms with Gasteiger partial charge < -0.3 is 14.5 Å². The van der Waals surface area contributed by atoms with Crippen LogP contribution in [0.1, 0.15) is 33.5 Å². The lowest BCUT2D eigenvalue weighted by molar-refractivity contribution is 0.0473. The summed E-state index contributed by atoms with van der Waals surface area (Å²) < 4.78 is 6.26. The van der Waals surface area contributed by atoms with Crippen LogP contribution in [0.5, 0.6) is 0 Å². The molecule has 0 N–H and O–H groups in total. The Labute approximate surface area is 409 Å². The van der Waals surface area contributed by atoms with Crippen molar-refractivity contribution in [2.24, 2.45) is 0 Å². The van der Waals surface area contributed by atoms with Crippen LogP contribution >= 0.6 is 0 Å². The van der Waals surface area contributed by atoms with Crippen molar-refractivity contribution in [3.05, 3.63) is 259 Å². The summed E-state index contributed by atoms with van der Waals surface area (Å²) >= 11 is 0. The van der Waals surface area contributed by atoms with E-state index in [0.717, 1.165) is 109 Å². The molecule has 2 heterocycles. The number of nitrogens with zero attached hydrogens (tertiary/aromatic N) is 2. The van der Waals surface area contributed by atoms with E-state index in [0.29, 0.717) is 5.56 Å². The van der Waals surface area contributed by atoms with Crippen LogP contribution in [0, 0.1) is 0 Å². The molecule has 0 amide bonds. The van der Waals surface area contributed by atoms with Crippen LogP contribution in [0.3, 0.4) is 0 Å². The third-order valence-electron chi connectivity index (χ3n) is 14.4. The summed E-state index contributed by atoms with van der Waals surface area (Å²) in [7, 11) is 0. The molecule has 0 radical (unpaired) electrons. The highest BCUT2D eigenvalue weighted by Gasteiger charge is 2.44. The fraction of sp³-hybridized carbons (Fsp3) is 0.0615. The number of hydrogen-bond donors (Lipinski definition) is 0. The molecule has 3 aliphatic rings. The molecule has 332 valence electrons. The summed E-state index contributed by atoms with van der Waals surface area (Å²) in [4.78, 5) is 19.8. The Kier molecular flexibility index (Phi) is 10.3. The Balaban J connectivity index is 1.11. The van der Waals surface area contributed by atoms with Gasteiger partial charge in [-0.2, -0.15) is 0 Å².